The smallest absolute Gasteiger partial charge is 0.0186 e. The van der Waals surface area contributed by atoms with Crippen molar-refractivity contribution in [2.24, 2.45) is 5.92 Å². The summed E-state index contributed by atoms with van der Waals surface area (Å²) < 4.78 is 0. The average Bonchev–Trinajstić information content (AvgIpc) is 2.47. The van der Waals surface area contributed by atoms with E-state index in [2.05, 4.69) is 38.2 Å². The Hall–Kier alpha value is -0.0800. The van der Waals surface area contributed by atoms with E-state index in [4.69, 9.17) is 0 Å². The van der Waals surface area contributed by atoms with Crippen molar-refractivity contribution in [2.45, 2.75) is 45.2 Å². The van der Waals surface area contributed by atoms with Crippen LogP contribution in [0.1, 0.15) is 33.1 Å². The monoisotopic (exact) mass is 184 g/mol. The third-order valence-corrected chi connectivity index (χ3v) is 3.28. The summed E-state index contributed by atoms with van der Waals surface area (Å²) in [6, 6.07) is 1.44. The van der Waals surface area contributed by atoms with Crippen molar-refractivity contribution in [3.63, 3.8) is 0 Å². The number of nitrogens with one attached hydrogen (secondary N) is 1. The van der Waals surface area contributed by atoms with Crippen LogP contribution in [0.2, 0.25) is 0 Å². The number of nitrogens with zero attached hydrogens (tertiary/aromatic N) is 1. The summed E-state index contributed by atoms with van der Waals surface area (Å²) in [5, 5.41) is 3.65. The lowest BCUT2D eigenvalue weighted by Gasteiger charge is -2.22. The van der Waals surface area contributed by atoms with Crippen molar-refractivity contribution in [2.75, 3.05) is 20.6 Å². The van der Waals surface area contributed by atoms with Crippen LogP contribution < -0.4 is 5.32 Å². The van der Waals surface area contributed by atoms with Crippen LogP contribution in [0.25, 0.3) is 0 Å². The summed E-state index contributed by atoms with van der Waals surface area (Å²) in [6.45, 7) is 5.76. The van der Waals surface area contributed by atoms with E-state index in [0.717, 1.165) is 18.5 Å². The average molecular weight is 184 g/mol. The Morgan fingerprint density at radius 2 is 2.08 bits per heavy atom. The zero-order valence-corrected chi connectivity index (χ0v) is 9.51. The lowest BCUT2D eigenvalue weighted by atomic mass is 10.1. The van der Waals surface area contributed by atoms with E-state index in [1.807, 2.05) is 0 Å². The summed E-state index contributed by atoms with van der Waals surface area (Å²) in [7, 11) is 4.28. The first kappa shape index (κ1) is 11.0. The van der Waals surface area contributed by atoms with Gasteiger partial charge in [-0.05, 0) is 46.2 Å². The first-order valence-corrected chi connectivity index (χ1v) is 5.49. The number of rotatable bonds is 4. The predicted molar refractivity (Wildman–Crippen MR) is 58.0 cm³/mol. The Balaban J connectivity index is 2.12. The van der Waals surface area contributed by atoms with E-state index in [9.17, 15) is 0 Å². The Morgan fingerprint density at radius 3 is 2.54 bits per heavy atom. The largest absolute Gasteiger partial charge is 0.312 e. The molecule has 78 valence electrons. The molecule has 0 aromatic heterocycles. The molecule has 2 heteroatoms. The second-order valence-electron chi connectivity index (χ2n) is 4.84. The van der Waals surface area contributed by atoms with Crippen LogP contribution in [0.5, 0.6) is 0 Å². The third kappa shape index (κ3) is 3.65. The summed E-state index contributed by atoms with van der Waals surface area (Å²) in [4.78, 5) is 2.27. The molecule has 0 aliphatic heterocycles. The van der Waals surface area contributed by atoms with Crippen molar-refractivity contribution in [3.8, 4) is 0 Å². The van der Waals surface area contributed by atoms with Gasteiger partial charge in [0.2, 0.25) is 0 Å². The SMILES string of the molecule is CC1CCC(NCC(C)N(C)C)C1. The summed E-state index contributed by atoms with van der Waals surface area (Å²) >= 11 is 0. The van der Waals surface area contributed by atoms with E-state index in [0.29, 0.717) is 6.04 Å². The molecule has 2 nitrogen and oxygen atoms in total. The van der Waals surface area contributed by atoms with Gasteiger partial charge in [-0.25, -0.2) is 0 Å². The predicted octanol–water partition coefficient (Wildman–Crippen LogP) is 1.71. The maximum atomic E-state index is 3.65. The minimum absolute atomic E-state index is 0.649. The zero-order valence-electron chi connectivity index (χ0n) is 9.51. The van der Waals surface area contributed by atoms with Gasteiger partial charge in [0.05, 0.1) is 0 Å². The molecule has 0 aromatic carbocycles. The van der Waals surface area contributed by atoms with Crippen molar-refractivity contribution in [1.29, 1.82) is 0 Å². The van der Waals surface area contributed by atoms with Gasteiger partial charge in [0.15, 0.2) is 0 Å². The Bertz CT molecular complexity index is 145. The number of hydrogen-bond donors (Lipinski definition) is 1. The first-order valence-electron chi connectivity index (χ1n) is 5.49. The quantitative estimate of drug-likeness (QED) is 0.715. The van der Waals surface area contributed by atoms with Crippen LogP contribution in [0.15, 0.2) is 0 Å². The standard InChI is InChI=1S/C11H24N2/c1-9-5-6-11(7-9)12-8-10(2)13(3)4/h9-12H,5-8H2,1-4H3. The molecule has 3 unspecified atom stereocenters. The highest BCUT2D eigenvalue weighted by Gasteiger charge is 2.21. The molecule has 1 fully saturated rings. The molecule has 1 aliphatic rings. The first-order chi connectivity index (χ1) is 6.09. The van der Waals surface area contributed by atoms with Gasteiger partial charge in [0.25, 0.3) is 0 Å². The maximum absolute atomic E-state index is 3.65. The van der Waals surface area contributed by atoms with Crippen LogP contribution in [-0.2, 0) is 0 Å². The molecule has 1 saturated carbocycles. The molecule has 0 spiro atoms. The highest BCUT2D eigenvalue weighted by Crippen LogP contribution is 2.24. The van der Waals surface area contributed by atoms with Gasteiger partial charge in [-0.15, -0.1) is 0 Å². The molecular formula is C11H24N2. The van der Waals surface area contributed by atoms with Crippen molar-refractivity contribution < 1.29 is 0 Å². The molecule has 13 heavy (non-hydrogen) atoms. The number of hydrogen-bond acceptors (Lipinski definition) is 2. The van der Waals surface area contributed by atoms with E-state index >= 15 is 0 Å². The van der Waals surface area contributed by atoms with Gasteiger partial charge >= 0.3 is 0 Å². The van der Waals surface area contributed by atoms with Crippen LogP contribution in [0.3, 0.4) is 0 Å². The van der Waals surface area contributed by atoms with Crippen molar-refractivity contribution in [3.05, 3.63) is 0 Å². The minimum Gasteiger partial charge on any atom is -0.312 e. The molecule has 0 heterocycles. The summed E-state index contributed by atoms with van der Waals surface area (Å²) in [5.74, 6) is 0.937. The van der Waals surface area contributed by atoms with Gasteiger partial charge in [-0.3, -0.25) is 0 Å². The molecular weight excluding hydrogens is 160 g/mol. The Morgan fingerprint density at radius 1 is 1.38 bits per heavy atom. The molecule has 1 N–H and O–H groups in total. The molecule has 1 rings (SSSR count). The molecule has 0 aromatic rings. The molecule has 0 saturated heterocycles. The second kappa shape index (κ2) is 4.97. The van der Waals surface area contributed by atoms with E-state index < -0.39 is 0 Å². The summed E-state index contributed by atoms with van der Waals surface area (Å²) in [5.41, 5.74) is 0. The normalized spacial score (nSPS) is 31.2. The number of likely N-dealkylation sites (N-methyl/N-ethyl adjacent to an activating group) is 1. The second-order valence-corrected chi connectivity index (χ2v) is 4.84. The topological polar surface area (TPSA) is 15.3 Å². The zero-order chi connectivity index (χ0) is 9.84. The molecule has 3 atom stereocenters. The minimum atomic E-state index is 0.649. The van der Waals surface area contributed by atoms with Gasteiger partial charge in [0.1, 0.15) is 0 Å². The maximum Gasteiger partial charge on any atom is 0.0186 e. The van der Waals surface area contributed by atoms with E-state index in [-0.39, 0.29) is 0 Å². The highest BCUT2D eigenvalue weighted by molar-refractivity contribution is 4.79. The fourth-order valence-electron chi connectivity index (χ4n) is 1.91. The molecule has 0 radical (unpaired) electrons. The van der Waals surface area contributed by atoms with E-state index in [1.165, 1.54) is 19.3 Å². The Kier molecular flexibility index (Phi) is 4.20. The fourth-order valence-corrected chi connectivity index (χ4v) is 1.91. The van der Waals surface area contributed by atoms with Gasteiger partial charge in [-0.1, -0.05) is 6.92 Å². The highest BCUT2D eigenvalue weighted by atomic mass is 15.1. The Labute approximate surface area is 82.7 Å². The lowest BCUT2D eigenvalue weighted by Crippen LogP contribution is -2.39. The van der Waals surface area contributed by atoms with Crippen LogP contribution >= 0.6 is 0 Å². The van der Waals surface area contributed by atoms with Gasteiger partial charge in [0, 0.05) is 18.6 Å². The molecule has 0 amide bonds. The summed E-state index contributed by atoms with van der Waals surface area (Å²) in [6.07, 6.45) is 4.16. The van der Waals surface area contributed by atoms with Gasteiger partial charge in [-0.2, -0.15) is 0 Å². The van der Waals surface area contributed by atoms with Crippen LogP contribution in [0, 0.1) is 5.92 Å². The lowest BCUT2D eigenvalue weighted by molar-refractivity contribution is 0.292. The van der Waals surface area contributed by atoms with Crippen molar-refractivity contribution in [1.82, 2.24) is 10.2 Å². The van der Waals surface area contributed by atoms with Crippen LogP contribution in [0.4, 0.5) is 0 Å². The molecule has 1 aliphatic carbocycles. The van der Waals surface area contributed by atoms with E-state index in [1.54, 1.807) is 0 Å². The third-order valence-electron chi connectivity index (χ3n) is 3.28. The van der Waals surface area contributed by atoms with Gasteiger partial charge < -0.3 is 10.2 Å². The van der Waals surface area contributed by atoms with Crippen molar-refractivity contribution >= 4 is 0 Å². The van der Waals surface area contributed by atoms with Crippen LogP contribution in [-0.4, -0.2) is 37.6 Å². The molecule has 0 bridgehead atoms. The fraction of sp³-hybridized carbons (Fsp3) is 1.00.